The largest absolute Gasteiger partial charge is 0.469 e. The first-order chi connectivity index (χ1) is 16.6. The molecule has 0 heterocycles. The number of nitrogens with zero attached hydrogens (tertiary/aromatic N) is 2. The van der Waals surface area contributed by atoms with Crippen LogP contribution in [0, 0.1) is 11.8 Å². The Morgan fingerprint density at radius 3 is 1.46 bits per heavy atom. The second-order valence-corrected chi connectivity index (χ2v) is 9.06. The Kier molecular flexibility index (Phi) is 7.94. The molecule has 0 bridgehead atoms. The van der Waals surface area contributed by atoms with Gasteiger partial charge in [-0.15, -0.1) is 0 Å². The Bertz CT molecular complexity index is 1070. The fourth-order valence-corrected chi connectivity index (χ4v) is 4.83. The average Bonchev–Trinajstić information content (AvgIpc) is 2.83. The van der Waals surface area contributed by atoms with E-state index in [1.165, 1.54) is 26.0 Å². The number of ether oxygens (including phenoxy) is 2. The summed E-state index contributed by atoms with van der Waals surface area (Å²) in [5.74, 6) is -3.29. The van der Waals surface area contributed by atoms with Gasteiger partial charge in [-0.2, -0.15) is 0 Å². The molecule has 8 heteroatoms. The molecule has 1 aliphatic carbocycles. The molecule has 2 atom stereocenters. The molecule has 2 aromatic carbocycles. The highest BCUT2D eigenvalue weighted by Gasteiger charge is 2.59. The first-order valence-corrected chi connectivity index (χ1v) is 11.4. The first-order valence-electron chi connectivity index (χ1n) is 11.4. The van der Waals surface area contributed by atoms with Gasteiger partial charge in [-0.1, -0.05) is 24.3 Å². The van der Waals surface area contributed by atoms with Crippen molar-refractivity contribution in [1.82, 2.24) is 0 Å². The summed E-state index contributed by atoms with van der Waals surface area (Å²) < 4.78 is 10.3. The van der Waals surface area contributed by atoms with E-state index >= 15 is 0 Å². The highest BCUT2D eigenvalue weighted by molar-refractivity contribution is 6.04. The fourth-order valence-electron chi connectivity index (χ4n) is 4.83. The first kappa shape index (κ1) is 25.9. The summed E-state index contributed by atoms with van der Waals surface area (Å²) in [7, 11) is 8.17. The third-order valence-corrected chi connectivity index (χ3v) is 6.73. The van der Waals surface area contributed by atoms with Crippen LogP contribution in [-0.4, -0.2) is 59.0 Å². The Hall–Kier alpha value is -3.68. The van der Waals surface area contributed by atoms with Gasteiger partial charge >= 0.3 is 11.9 Å². The van der Waals surface area contributed by atoms with Gasteiger partial charge in [0.15, 0.2) is 0 Å². The molecule has 1 aliphatic rings. The molecule has 0 spiro atoms. The SMILES string of the molecule is COC(=O)C1C(c2ccc(N(C)C)cc2)C(C(=O)OC)C1c1ccc(N(C)C(=O)CC(C)=O)cc1. The van der Waals surface area contributed by atoms with Crippen molar-refractivity contribution in [3.8, 4) is 0 Å². The monoisotopic (exact) mass is 480 g/mol. The van der Waals surface area contributed by atoms with Gasteiger partial charge in [0.05, 0.1) is 32.5 Å². The second-order valence-electron chi connectivity index (χ2n) is 9.06. The molecule has 0 radical (unpaired) electrons. The molecular weight excluding hydrogens is 448 g/mol. The van der Waals surface area contributed by atoms with Crippen LogP contribution in [0.3, 0.4) is 0 Å². The lowest BCUT2D eigenvalue weighted by atomic mass is 9.52. The lowest BCUT2D eigenvalue weighted by Gasteiger charge is -2.49. The number of Topliss-reactive ketones (excluding diaryl/α,β-unsaturated/α-hetero) is 1. The third-order valence-electron chi connectivity index (χ3n) is 6.73. The van der Waals surface area contributed by atoms with E-state index in [4.69, 9.17) is 9.47 Å². The van der Waals surface area contributed by atoms with Gasteiger partial charge in [-0.25, -0.2) is 0 Å². The van der Waals surface area contributed by atoms with E-state index in [1.54, 1.807) is 31.3 Å². The minimum atomic E-state index is -0.572. The van der Waals surface area contributed by atoms with Gasteiger partial charge in [0.1, 0.15) is 5.78 Å². The van der Waals surface area contributed by atoms with Crippen molar-refractivity contribution in [2.45, 2.75) is 25.2 Å². The van der Waals surface area contributed by atoms with Crippen LogP contribution >= 0.6 is 0 Å². The van der Waals surface area contributed by atoms with Crippen molar-refractivity contribution in [1.29, 1.82) is 0 Å². The Labute approximate surface area is 205 Å². The number of benzene rings is 2. The van der Waals surface area contributed by atoms with Gasteiger partial charge in [0.25, 0.3) is 0 Å². The maximum Gasteiger partial charge on any atom is 0.309 e. The molecule has 8 nitrogen and oxygen atoms in total. The van der Waals surface area contributed by atoms with E-state index in [0.717, 1.165) is 16.8 Å². The third kappa shape index (κ3) is 5.21. The van der Waals surface area contributed by atoms with Crippen molar-refractivity contribution in [2.75, 3.05) is 45.2 Å². The lowest BCUT2D eigenvalue weighted by Crippen LogP contribution is -2.51. The number of hydrogen-bond acceptors (Lipinski definition) is 7. The van der Waals surface area contributed by atoms with Gasteiger partial charge in [-0.3, -0.25) is 19.2 Å². The van der Waals surface area contributed by atoms with E-state index < -0.39 is 35.6 Å². The Morgan fingerprint density at radius 1 is 0.714 bits per heavy atom. The summed E-state index contributed by atoms with van der Waals surface area (Å²) in [6.45, 7) is 1.37. The van der Waals surface area contributed by atoms with Crippen LogP contribution in [0.1, 0.15) is 36.3 Å². The second kappa shape index (κ2) is 10.7. The van der Waals surface area contributed by atoms with Crippen LogP contribution in [0.2, 0.25) is 0 Å². The van der Waals surface area contributed by atoms with Gasteiger partial charge in [0, 0.05) is 44.4 Å². The van der Waals surface area contributed by atoms with E-state index in [9.17, 15) is 19.2 Å². The molecule has 1 saturated carbocycles. The zero-order valence-corrected chi connectivity index (χ0v) is 21.0. The molecule has 35 heavy (non-hydrogen) atoms. The summed E-state index contributed by atoms with van der Waals surface area (Å²) in [4.78, 5) is 52.7. The van der Waals surface area contributed by atoms with Crippen LogP contribution in [0.25, 0.3) is 0 Å². The number of esters is 2. The van der Waals surface area contributed by atoms with Gasteiger partial charge in [0.2, 0.25) is 5.91 Å². The molecular formula is C27H32N2O6. The summed E-state index contributed by atoms with van der Waals surface area (Å²) >= 11 is 0. The standard InChI is InChI=1S/C27H32N2O6/c1-16(30)15-21(31)29(4)20-13-9-18(10-14-20)23-24(26(32)34-5)22(25(23)27(33)35-6)17-7-11-19(12-8-17)28(2)3/h7-14,22-25H,15H2,1-6H3. The number of carbonyl (C=O) groups is 4. The summed E-state index contributed by atoms with van der Waals surface area (Å²) in [5.41, 5.74) is 3.25. The smallest absolute Gasteiger partial charge is 0.309 e. The number of ketones is 1. The van der Waals surface area contributed by atoms with E-state index in [-0.39, 0.29) is 18.1 Å². The molecule has 0 saturated heterocycles. The van der Waals surface area contributed by atoms with Crippen molar-refractivity contribution in [3.05, 3.63) is 59.7 Å². The molecule has 0 aliphatic heterocycles. The van der Waals surface area contributed by atoms with Crippen LogP contribution in [0.5, 0.6) is 0 Å². The summed E-state index contributed by atoms with van der Waals surface area (Å²) in [5, 5.41) is 0. The zero-order chi connectivity index (χ0) is 25.9. The molecule has 0 N–H and O–H groups in total. The maximum atomic E-state index is 12.9. The molecule has 1 amide bonds. The molecule has 186 valence electrons. The number of carbonyl (C=O) groups excluding carboxylic acids is 4. The number of amides is 1. The van der Waals surface area contributed by atoms with Crippen LogP contribution in [0.4, 0.5) is 11.4 Å². The maximum absolute atomic E-state index is 12.9. The predicted molar refractivity (Wildman–Crippen MR) is 132 cm³/mol. The average molecular weight is 481 g/mol. The Morgan fingerprint density at radius 2 is 1.11 bits per heavy atom. The number of rotatable bonds is 8. The highest BCUT2D eigenvalue weighted by atomic mass is 16.5. The molecule has 2 aromatic rings. The molecule has 2 unspecified atom stereocenters. The number of hydrogen-bond donors (Lipinski definition) is 0. The van der Waals surface area contributed by atoms with Gasteiger partial charge in [-0.05, 0) is 42.3 Å². The number of methoxy groups -OCH3 is 2. The molecule has 1 fully saturated rings. The topological polar surface area (TPSA) is 93.2 Å². The van der Waals surface area contributed by atoms with Crippen LogP contribution < -0.4 is 9.80 Å². The van der Waals surface area contributed by atoms with Crippen molar-refractivity contribution >= 4 is 35.0 Å². The van der Waals surface area contributed by atoms with Crippen molar-refractivity contribution < 1.29 is 28.7 Å². The zero-order valence-electron chi connectivity index (χ0n) is 21.0. The quantitative estimate of drug-likeness (QED) is 0.423. The summed E-state index contributed by atoms with van der Waals surface area (Å²) in [6.07, 6.45) is -0.177. The van der Waals surface area contributed by atoms with E-state index in [2.05, 4.69) is 0 Å². The highest BCUT2D eigenvalue weighted by Crippen LogP contribution is 2.58. The number of anilines is 2. The Balaban J connectivity index is 1.96. The van der Waals surface area contributed by atoms with Gasteiger partial charge < -0.3 is 19.3 Å². The summed E-state index contributed by atoms with van der Waals surface area (Å²) in [6, 6.07) is 14.9. The van der Waals surface area contributed by atoms with Crippen LogP contribution in [0.15, 0.2) is 48.5 Å². The van der Waals surface area contributed by atoms with Crippen molar-refractivity contribution in [2.24, 2.45) is 11.8 Å². The van der Waals surface area contributed by atoms with E-state index in [0.29, 0.717) is 5.69 Å². The normalized spacial score (nSPS) is 20.9. The van der Waals surface area contributed by atoms with Crippen molar-refractivity contribution in [3.63, 3.8) is 0 Å². The van der Waals surface area contributed by atoms with Crippen LogP contribution in [-0.2, 0) is 28.7 Å². The lowest BCUT2D eigenvalue weighted by molar-refractivity contribution is -0.164. The molecule has 0 aromatic heterocycles. The van der Waals surface area contributed by atoms with E-state index in [1.807, 2.05) is 43.3 Å². The fraction of sp³-hybridized carbons (Fsp3) is 0.407. The molecule has 3 rings (SSSR count). The minimum absolute atomic E-state index is 0.177. The minimum Gasteiger partial charge on any atom is -0.469 e. The predicted octanol–water partition coefficient (Wildman–Crippen LogP) is 3.15.